The number of sulfonamides is 1. The molecule has 26 heavy (non-hydrogen) atoms. The van der Waals surface area contributed by atoms with Crippen molar-refractivity contribution in [2.45, 2.75) is 38.1 Å². The van der Waals surface area contributed by atoms with Crippen molar-refractivity contribution < 1.29 is 13.5 Å². The van der Waals surface area contributed by atoms with Gasteiger partial charge in [0.05, 0.1) is 28.2 Å². The molecule has 0 aliphatic rings. The molecule has 1 aromatic heterocycles. The second-order valence-electron chi connectivity index (χ2n) is 6.62. The van der Waals surface area contributed by atoms with E-state index in [2.05, 4.69) is 9.71 Å². The van der Waals surface area contributed by atoms with E-state index >= 15 is 0 Å². The number of aryl methyl sites for hydroxylation is 1. The average Bonchev–Trinajstić information content (AvgIpc) is 2.93. The summed E-state index contributed by atoms with van der Waals surface area (Å²) in [5.74, 6) is 1.06. The van der Waals surface area contributed by atoms with E-state index < -0.39 is 10.0 Å². The Morgan fingerprint density at radius 3 is 2.46 bits per heavy atom. The van der Waals surface area contributed by atoms with Crippen LogP contribution in [-0.2, 0) is 16.6 Å². The molecule has 138 valence electrons. The van der Waals surface area contributed by atoms with E-state index in [1.165, 1.54) is 0 Å². The van der Waals surface area contributed by atoms with E-state index in [9.17, 15) is 13.5 Å². The first-order chi connectivity index (χ1) is 12.3. The third kappa shape index (κ3) is 3.59. The Bertz CT molecular complexity index is 1020. The fraction of sp³-hybridized carbons (Fsp3) is 0.316. The monoisotopic (exact) mass is 373 g/mol. The number of benzene rings is 2. The number of aliphatic hydroxyl groups is 1. The van der Waals surface area contributed by atoms with E-state index in [-0.39, 0.29) is 17.4 Å². The van der Waals surface area contributed by atoms with Gasteiger partial charge in [0.25, 0.3) is 10.0 Å². The van der Waals surface area contributed by atoms with E-state index in [0.717, 1.165) is 16.9 Å². The predicted molar refractivity (Wildman–Crippen MR) is 103 cm³/mol. The third-order valence-corrected chi connectivity index (χ3v) is 5.60. The average molecular weight is 373 g/mol. The minimum Gasteiger partial charge on any atom is -0.395 e. The van der Waals surface area contributed by atoms with Gasteiger partial charge in [0.15, 0.2) is 0 Å². The Labute approximate surface area is 153 Å². The maximum absolute atomic E-state index is 12.6. The fourth-order valence-corrected chi connectivity index (χ4v) is 3.97. The van der Waals surface area contributed by atoms with Gasteiger partial charge in [-0.15, -0.1) is 0 Å². The number of nitrogens with one attached hydrogen (secondary N) is 1. The summed E-state index contributed by atoms with van der Waals surface area (Å²) in [6, 6.07) is 12.0. The van der Waals surface area contributed by atoms with Crippen LogP contribution in [0.3, 0.4) is 0 Å². The van der Waals surface area contributed by atoms with Gasteiger partial charge in [-0.3, -0.25) is 4.72 Å². The molecule has 7 heteroatoms. The normalized spacial score (nSPS) is 12.0. The summed E-state index contributed by atoms with van der Waals surface area (Å²) in [7, 11) is -3.65. The summed E-state index contributed by atoms with van der Waals surface area (Å²) in [6.45, 7) is 6.46. The van der Waals surface area contributed by atoms with Crippen molar-refractivity contribution in [2.24, 2.45) is 0 Å². The maximum Gasteiger partial charge on any atom is 0.261 e. The molecule has 0 radical (unpaired) electrons. The second kappa shape index (κ2) is 7.09. The van der Waals surface area contributed by atoms with Crippen molar-refractivity contribution in [3.05, 3.63) is 53.9 Å². The van der Waals surface area contributed by atoms with Gasteiger partial charge in [-0.1, -0.05) is 31.5 Å². The van der Waals surface area contributed by atoms with Crippen LogP contribution in [-0.4, -0.2) is 29.7 Å². The van der Waals surface area contributed by atoms with Gasteiger partial charge in [-0.05, 0) is 37.3 Å². The molecule has 0 aliphatic heterocycles. The zero-order valence-corrected chi connectivity index (χ0v) is 15.9. The fourth-order valence-electron chi connectivity index (χ4n) is 2.92. The maximum atomic E-state index is 12.6. The number of imidazole rings is 1. The number of aromatic nitrogens is 2. The zero-order valence-electron chi connectivity index (χ0n) is 15.1. The Morgan fingerprint density at radius 2 is 1.85 bits per heavy atom. The van der Waals surface area contributed by atoms with Gasteiger partial charge in [-0.25, -0.2) is 13.4 Å². The summed E-state index contributed by atoms with van der Waals surface area (Å²) in [5.41, 5.74) is 3.04. The van der Waals surface area contributed by atoms with Crippen molar-refractivity contribution >= 4 is 26.7 Å². The van der Waals surface area contributed by atoms with Crippen LogP contribution in [0, 0.1) is 6.92 Å². The quantitative estimate of drug-likeness (QED) is 0.695. The Hall–Kier alpha value is -2.38. The molecule has 0 aliphatic carbocycles. The highest BCUT2D eigenvalue weighted by molar-refractivity contribution is 7.92. The molecule has 0 bridgehead atoms. The van der Waals surface area contributed by atoms with Crippen LogP contribution in [0.5, 0.6) is 0 Å². The second-order valence-corrected chi connectivity index (χ2v) is 8.30. The molecule has 0 saturated carbocycles. The smallest absolute Gasteiger partial charge is 0.261 e. The highest BCUT2D eigenvalue weighted by Gasteiger charge is 2.17. The van der Waals surface area contributed by atoms with Crippen LogP contribution in [0.2, 0.25) is 0 Å². The zero-order chi connectivity index (χ0) is 18.9. The van der Waals surface area contributed by atoms with Crippen molar-refractivity contribution in [3.63, 3.8) is 0 Å². The van der Waals surface area contributed by atoms with Gasteiger partial charge in [0.1, 0.15) is 5.82 Å². The lowest BCUT2D eigenvalue weighted by molar-refractivity contribution is 0.275. The third-order valence-electron chi connectivity index (χ3n) is 4.20. The number of hydrogen-bond acceptors (Lipinski definition) is 4. The molecule has 1 heterocycles. The lowest BCUT2D eigenvalue weighted by Crippen LogP contribution is -2.12. The minimum atomic E-state index is -3.65. The summed E-state index contributed by atoms with van der Waals surface area (Å²) >= 11 is 0. The first-order valence-electron chi connectivity index (χ1n) is 8.52. The Kier molecular flexibility index (Phi) is 5.02. The van der Waals surface area contributed by atoms with Crippen LogP contribution < -0.4 is 4.72 Å². The minimum absolute atomic E-state index is 0.0208. The van der Waals surface area contributed by atoms with Crippen molar-refractivity contribution in [1.29, 1.82) is 0 Å². The molecule has 0 atom stereocenters. The molecular formula is C19H23N3O3S. The number of aliphatic hydroxyl groups excluding tert-OH is 1. The van der Waals surface area contributed by atoms with E-state index in [0.29, 0.717) is 17.7 Å². The van der Waals surface area contributed by atoms with E-state index in [1.54, 1.807) is 36.4 Å². The summed E-state index contributed by atoms with van der Waals surface area (Å²) in [5, 5.41) is 9.32. The van der Waals surface area contributed by atoms with Crippen LogP contribution in [0.25, 0.3) is 11.0 Å². The largest absolute Gasteiger partial charge is 0.395 e. The molecule has 0 saturated heterocycles. The number of nitrogens with zero attached hydrogens (tertiary/aromatic N) is 2. The van der Waals surface area contributed by atoms with Crippen LogP contribution in [0.1, 0.15) is 31.2 Å². The topological polar surface area (TPSA) is 84.2 Å². The number of fused-ring (bicyclic) bond motifs is 1. The SMILES string of the molecule is Cc1ccc(S(=O)(=O)Nc2ccc3c(c2)nc(C(C)C)n3CCO)cc1. The highest BCUT2D eigenvalue weighted by Crippen LogP contribution is 2.25. The van der Waals surface area contributed by atoms with Gasteiger partial charge in [0, 0.05) is 12.5 Å². The summed E-state index contributed by atoms with van der Waals surface area (Å²) < 4.78 is 29.7. The van der Waals surface area contributed by atoms with Crippen molar-refractivity contribution in [1.82, 2.24) is 9.55 Å². The Morgan fingerprint density at radius 1 is 1.15 bits per heavy atom. The molecule has 6 nitrogen and oxygen atoms in total. The molecule has 0 amide bonds. The number of hydrogen-bond donors (Lipinski definition) is 2. The predicted octanol–water partition coefficient (Wildman–Crippen LogP) is 3.26. The molecule has 3 rings (SSSR count). The first kappa shape index (κ1) is 18.4. The van der Waals surface area contributed by atoms with Gasteiger partial charge >= 0.3 is 0 Å². The molecule has 2 N–H and O–H groups in total. The van der Waals surface area contributed by atoms with Crippen molar-refractivity contribution in [2.75, 3.05) is 11.3 Å². The van der Waals surface area contributed by atoms with Gasteiger partial charge in [0.2, 0.25) is 0 Å². The molecule has 0 unspecified atom stereocenters. The lowest BCUT2D eigenvalue weighted by atomic mass is 10.2. The van der Waals surface area contributed by atoms with E-state index in [1.807, 2.05) is 31.4 Å². The van der Waals surface area contributed by atoms with Crippen LogP contribution >= 0.6 is 0 Å². The Balaban J connectivity index is 1.97. The first-order valence-corrected chi connectivity index (χ1v) is 10.0. The van der Waals surface area contributed by atoms with Crippen LogP contribution in [0.15, 0.2) is 47.4 Å². The molecule has 0 spiro atoms. The molecule has 0 fully saturated rings. The number of rotatable bonds is 6. The standard InChI is InChI=1S/C19H23N3O3S/c1-13(2)19-20-17-12-15(6-9-18(17)22(19)10-11-23)21-26(24,25)16-7-4-14(3)5-8-16/h4-9,12-13,21,23H,10-11H2,1-3H3. The highest BCUT2D eigenvalue weighted by atomic mass is 32.2. The van der Waals surface area contributed by atoms with Crippen LogP contribution in [0.4, 0.5) is 5.69 Å². The molecular weight excluding hydrogens is 350 g/mol. The van der Waals surface area contributed by atoms with Gasteiger partial charge < -0.3 is 9.67 Å². The summed E-state index contributed by atoms with van der Waals surface area (Å²) in [4.78, 5) is 4.84. The molecule has 3 aromatic rings. The number of anilines is 1. The molecule has 2 aromatic carbocycles. The van der Waals surface area contributed by atoms with Crippen molar-refractivity contribution in [3.8, 4) is 0 Å². The van der Waals surface area contributed by atoms with E-state index in [4.69, 9.17) is 0 Å². The summed E-state index contributed by atoms with van der Waals surface area (Å²) in [6.07, 6.45) is 0. The lowest BCUT2D eigenvalue weighted by Gasteiger charge is -2.10. The van der Waals surface area contributed by atoms with Gasteiger partial charge in [-0.2, -0.15) is 0 Å².